The van der Waals surface area contributed by atoms with Gasteiger partial charge in [-0.2, -0.15) is 0 Å². The van der Waals surface area contributed by atoms with Crippen LogP contribution in [0.1, 0.15) is 24.5 Å². The van der Waals surface area contributed by atoms with E-state index in [1.165, 1.54) is 5.56 Å². The maximum Gasteiger partial charge on any atom is 0.229 e. The zero-order chi connectivity index (χ0) is 19.2. The van der Waals surface area contributed by atoms with Gasteiger partial charge in [0.1, 0.15) is 5.75 Å². The van der Waals surface area contributed by atoms with E-state index in [4.69, 9.17) is 4.74 Å². The molecule has 5 heteroatoms. The largest absolute Gasteiger partial charge is 0.497 e. The van der Waals surface area contributed by atoms with Crippen LogP contribution >= 0.6 is 0 Å². The Morgan fingerprint density at radius 3 is 2.67 bits per heavy atom. The molecule has 0 radical (unpaired) electrons. The van der Waals surface area contributed by atoms with Crippen molar-refractivity contribution in [1.82, 2.24) is 4.90 Å². The predicted molar refractivity (Wildman–Crippen MR) is 106 cm³/mol. The fourth-order valence-corrected chi connectivity index (χ4v) is 3.32. The number of nitrogens with one attached hydrogen (secondary N) is 1. The summed E-state index contributed by atoms with van der Waals surface area (Å²) < 4.78 is 5.23. The third kappa shape index (κ3) is 4.88. The van der Waals surface area contributed by atoms with Crippen LogP contribution in [-0.2, 0) is 22.4 Å². The summed E-state index contributed by atoms with van der Waals surface area (Å²) in [5.41, 5.74) is 3.12. The van der Waals surface area contributed by atoms with Gasteiger partial charge < -0.3 is 15.0 Å². The number of amides is 2. The maximum absolute atomic E-state index is 12.5. The van der Waals surface area contributed by atoms with Gasteiger partial charge in [-0.25, -0.2) is 0 Å². The SMILES string of the molecule is CCc1ccc(NC(=O)C2CC(=O)N(CCc3cccc(OC)c3)C2)cc1. The molecule has 5 nitrogen and oxygen atoms in total. The van der Waals surface area contributed by atoms with Crippen LogP contribution in [0.2, 0.25) is 0 Å². The van der Waals surface area contributed by atoms with E-state index in [-0.39, 0.29) is 24.2 Å². The summed E-state index contributed by atoms with van der Waals surface area (Å²) in [4.78, 5) is 26.6. The fraction of sp³-hybridized carbons (Fsp3) is 0.364. The van der Waals surface area contributed by atoms with Crippen LogP contribution in [0.4, 0.5) is 5.69 Å². The highest BCUT2D eigenvalue weighted by molar-refractivity contribution is 5.97. The number of rotatable bonds is 7. The van der Waals surface area contributed by atoms with Crippen LogP contribution in [0.25, 0.3) is 0 Å². The minimum Gasteiger partial charge on any atom is -0.497 e. The lowest BCUT2D eigenvalue weighted by atomic mass is 10.1. The second-order valence-corrected chi connectivity index (χ2v) is 6.88. The summed E-state index contributed by atoms with van der Waals surface area (Å²) in [6.07, 6.45) is 1.99. The molecule has 0 spiro atoms. The third-order valence-electron chi connectivity index (χ3n) is 5.02. The molecule has 0 bridgehead atoms. The predicted octanol–water partition coefficient (Wildman–Crippen LogP) is 3.29. The van der Waals surface area contributed by atoms with Gasteiger partial charge in [0, 0.05) is 25.2 Å². The van der Waals surface area contributed by atoms with Crippen molar-refractivity contribution in [2.75, 3.05) is 25.5 Å². The molecule has 2 aromatic carbocycles. The first kappa shape index (κ1) is 19.0. The summed E-state index contributed by atoms with van der Waals surface area (Å²) in [5, 5.41) is 2.93. The molecule has 27 heavy (non-hydrogen) atoms. The summed E-state index contributed by atoms with van der Waals surface area (Å²) in [6, 6.07) is 15.7. The molecular weight excluding hydrogens is 340 g/mol. The highest BCUT2D eigenvalue weighted by Gasteiger charge is 2.34. The van der Waals surface area contributed by atoms with Crippen LogP contribution < -0.4 is 10.1 Å². The van der Waals surface area contributed by atoms with E-state index in [9.17, 15) is 9.59 Å². The highest BCUT2D eigenvalue weighted by atomic mass is 16.5. The van der Waals surface area contributed by atoms with Crippen molar-refractivity contribution in [2.45, 2.75) is 26.2 Å². The molecular formula is C22H26N2O3. The Labute approximate surface area is 160 Å². The second kappa shape index (κ2) is 8.71. The normalized spacial score (nSPS) is 16.4. The zero-order valence-electron chi connectivity index (χ0n) is 15.9. The van der Waals surface area contributed by atoms with Crippen molar-refractivity contribution in [2.24, 2.45) is 5.92 Å². The van der Waals surface area contributed by atoms with Gasteiger partial charge in [-0.3, -0.25) is 9.59 Å². The van der Waals surface area contributed by atoms with Gasteiger partial charge in [0.05, 0.1) is 13.0 Å². The summed E-state index contributed by atoms with van der Waals surface area (Å²) in [7, 11) is 1.64. The van der Waals surface area contributed by atoms with Crippen molar-refractivity contribution in [1.29, 1.82) is 0 Å². The molecule has 1 N–H and O–H groups in total. The van der Waals surface area contributed by atoms with Crippen molar-refractivity contribution in [3.8, 4) is 5.75 Å². The fourth-order valence-electron chi connectivity index (χ4n) is 3.32. The van der Waals surface area contributed by atoms with Gasteiger partial charge in [0.2, 0.25) is 11.8 Å². The van der Waals surface area contributed by atoms with E-state index >= 15 is 0 Å². The van der Waals surface area contributed by atoms with E-state index in [1.807, 2.05) is 48.5 Å². The van der Waals surface area contributed by atoms with Gasteiger partial charge in [-0.15, -0.1) is 0 Å². The Hall–Kier alpha value is -2.82. The molecule has 1 heterocycles. The van der Waals surface area contributed by atoms with Crippen molar-refractivity contribution in [3.63, 3.8) is 0 Å². The summed E-state index contributed by atoms with van der Waals surface area (Å²) in [6.45, 7) is 3.18. The molecule has 0 aromatic heterocycles. The molecule has 2 amide bonds. The van der Waals surface area contributed by atoms with Crippen LogP contribution in [0.3, 0.4) is 0 Å². The van der Waals surface area contributed by atoms with Crippen molar-refractivity contribution < 1.29 is 14.3 Å². The Balaban J connectivity index is 1.53. The van der Waals surface area contributed by atoms with Crippen molar-refractivity contribution >= 4 is 17.5 Å². The standard InChI is InChI=1S/C22H26N2O3/c1-3-16-7-9-19(10-8-16)23-22(26)18-14-21(25)24(15-18)12-11-17-5-4-6-20(13-17)27-2/h4-10,13,18H,3,11-12,14-15H2,1-2H3,(H,23,26). The van der Waals surface area contributed by atoms with Crippen LogP contribution in [0.5, 0.6) is 5.75 Å². The molecule has 0 aliphatic carbocycles. The zero-order valence-corrected chi connectivity index (χ0v) is 15.9. The number of nitrogens with zero attached hydrogens (tertiary/aromatic N) is 1. The third-order valence-corrected chi connectivity index (χ3v) is 5.02. The molecule has 3 rings (SSSR count). The molecule has 2 aromatic rings. The molecule has 1 saturated heterocycles. The number of benzene rings is 2. The average molecular weight is 366 g/mol. The van der Waals surface area contributed by atoms with Gasteiger partial charge >= 0.3 is 0 Å². The number of carbonyl (C=O) groups is 2. The molecule has 1 atom stereocenters. The lowest BCUT2D eigenvalue weighted by Crippen LogP contribution is -2.30. The lowest BCUT2D eigenvalue weighted by Gasteiger charge is -2.17. The number of hydrogen-bond acceptors (Lipinski definition) is 3. The maximum atomic E-state index is 12.5. The van der Waals surface area contributed by atoms with Crippen molar-refractivity contribution in [3.05, 3.63) is 59.7 Å². The Kier molecular flexibility index (Phi) is 6.12. The first-order valence-electron chi connectivity index (χ1n) is 9.39. The molecule has 142 valence electrons. The quantitative estimate of drug-likeness (QED) is 0.818. The number of carbonyl (C=O) groups excluding carboxylic acids is 2. The Morgan fingerprint density at radius 2 is 1.96 bits per heavy atom. The summed E-state index contributed by atoms with van der Waals surface area (Å²) in [5.74, 6) is 0.469. The molecule has 0 saturated carbocycles. The summed E-state index contributed by atoms with van der Waals surface area (Å²) >= 11 is 0. The van der Waals surface area contributed by atoms with Gasteiger partial charge in [-0.1, -0.05) is 31.2 Å². The first-order valence-corrected chi connectivity index (χ1v) is 9.39. The number of aryl methyl sites for hydroxylation is 1. The van der Waals surface area contributed by atoms with Gasteiger partial charge in [0.15, 0.2) is 0 Å². The van der Waals surface area contributed by atoms with Crippen LogP contribution in [-0.4, -0.2) is 36.9 Å². The van der Waals surface area contributed by atoms with E-state index in [0.717, 1.165) is 29.8 Å². The number of anilines is 1. The minimum absolute atomic E-state index is 0.0411. The first-order chi connectivity index (χ1) is 13.1. The lowest BCUT2D eigenvalue weighted by molar-refractivity contribution is -0.128. The molecule has 1 fully saturated rings. The highest BCUT2D eigenvalue weighted by Crippen LogP contribution is 2.21. The monoisotopic (exact) mass is 366 g/mol. The van der Waals surface area contributed by atoms with Crippen LogP contribution in [0.15, 0.2) is 48.5 Å². The minimum atomic E-state index is -0.298. The number of hydrogen-bond donors (Lipinski definition) is 1. The Bertz CT molecular complexity index is 801. The van der Waals surface area contributed by atoms with Gasteiger partial charge in [-0.05, 0) is 48.2 Å². The van der Waals surface area contributed by atoms with E-state index in [2.05, 4.69) is 12.2 Å². The van der Waals surface area contributed by atoms with E-state index in [1.54, 1.807) is 12.0 Å². The number of likely N-dealkylation sites (tertiary alicyclic amines) is 1. The van der Waals surface area contributed by atoms with E-state index < -0.39 is 0 Å². The molecule has 1 aliphatic rings. The Morgan fingerprint density at radius 1 is 1.19 bits per heavy atom. The average Bonchev–Trinajstić information content (AvgIpc) is 3.08. The number of methoxy groups -OCH3 is 1. The second-order valence-electron chi connectivity index (χ2n) is 6.88. The smallest absolute Gasteiger partial charge is 0.229 e. The number of ether oxygens (including phenoxy) is 1. The molecule has 1 aliphatic heterocycles. The van der Waals surface area contributed by atoms with Crippen LogP contribution in [0, 0.1) is 5.92 Å². The van der Waals surface area contributed by atoms with E-state index in [0.29, 0.717) is 13.1 Å². The molecule has 1 unspecified atom stereocenters. The van der Waals surface area contributed by atoms with Gasteiger partial charge in [0.25, 0.3) is 0 Å². The topological polar surface area (TPSA) is 58.6 Å².